The van der Waals surface area contributed by atoms with Crippen LogP contribution in [0.2, 0.25) is 0 Å². The van der Waals surface area contributed by atoms with E-state index in [-0.39, 0.29) is 29.2 Å². The number of sulfonamides is 1. The summed E-state index contributed by atoms with van der Waals surface area (Å²) in [6, 6.07) is 21.3. The Bertz CT molecular complexity index is 1140. The predicted octanol–water partition coefficient (Wildman–Crippen LogP) is 4.58. The lowest BCUT2D eigenvalue weighted by Crippen LogP contribution is -2.18. The normalized spacial score (nSPS) is 14.3. The van der Waals surface area contributed by atoms with Crippen LogP contribution in [0.25, 0.3) is 11.1 Å². The van der Waals surface area contributed by atoms with Crippen molar-refractivity contribution in [1.29, 1.82) is 0 Å². The minimum Gasteiger partial charge on any atom is -0.462 e. The Morgan fingerprint density at radius 3 is 2.29 bits per heavy atom. The number of carbonyl (C=O) groups excluding carboxylic acids is 1. The van der Waals surface area contributed by atoms with Crippen LogP contribution in [0, 0.1) is 0 Å². The molecule has 1 fully saturated rings. The smallest absolute Gasteiger partial charge is 0.312 e. The highest BCUT2D eigenvalue weighted by molar-refractivity contribution is 7.92. The Morgan fingerprint density at radius 1 is 0.903 bits per heavy atom. The summed E-state index contributed by atoms with van der Waals surface area (Å²) in [5, 5.41) is 0. The maximum absolute atomic E-state index is 12.8. The average Bonchev–Trinajstić information content (AvgIpc) is 3.27. The molecule has 6 nitrogen and oxygen atoms in total. The summed E-state index contributed by atoms with van der Waals surface area (Å²) in [4.78, 5) is 16.5. The third-order valence-electron chi connectivity index (χ3n) is 5.24. The standard InChI is InChI=1S/C24H24N2O4S/c27-24(30-21-10-4-5-11-21)17-20-9-6-12-23(25-20)26-31(28,29)22-15-13-19(14-16-22)18-7-2-1-3-8-18/h1-3,6-9,12-16,21H,4-5,10-11,17H2,(H,25,26). The molecule has 0 radical (unpaired) electrons. The van der Waals surface area contributed by atoms with Crippen LogP contribution >= 0.6 is 0 Å². The lowest BCUT2D eigenvalue weighted by atomic mass is 10.1. The van der Waals surface area contributed by atoms with E-state index in [0.29, 0.717) is 5.69 Å². The molecule has 160 valence electrons. The number of rotatable bonds is 7. The van der Waals surface area contributed by atoms with E-state index in [2.05, 4.69) is 9.71 Å². The summed E-state index contributed by atoms with van der Waals surface area (Å²) in [6.07, 6.45) is 3.98. The number of benzene rings is 2. The average molecular weight is 437 g/mol. The van der Waals surface area contributed by atoms with Gasteiger partial charge in [0.25, 0.3) is 10.0 Å². The molecule has 3 aromatic rings. The van der Waals surface area contributed by atoms with Crippen LogP contribution in [-0.4, -0.2) is 25.5 Å². The van der Waals surface area contributed by atoms with Crippen LogP contribution in [0.3, 0.4) is 0 Å². The molecule has 0 aliphatic heterocycles. The number of aromatic nitrogens is 1. The van der Waals surface area contributed by atoms with Crippen LogP contribution in [0.1, 0.15) is 31.4 Å². The van der Waals surface area contributed by atoms with E-state index in [1.807, 2.05) is 30.3 Å². The molecule has 1 aliphatic carbocycles. The number of pyridine rings is 1. The van der Waals surface area contributed by atoms with Crippen LogP contribution in [0.4, 0.5) is 5.82 Å². The molecule has 0 unspecified atom stereocenters. The quantitative estimate of drug-likeness (QED) is 0.548. The fourth-order valence-electron chi connectivity index (χ4n) is 3.67. The van der Waals surface area contributed by atoms with Gasteiger partial charge in [-0.15, -0.1) is 0 Å². The molecular formula is C24H24N2O4S. The van der Waals surface area contributed by atoms with Gasteiger partial charge in [-0.2, -0.15) is 0 Å². The second kappa shape index (κ2) is 9.31. The molecule has 1 aromatic heterocycles. The van der Waals surface area contributed by atoms with Gasteiger partial charge in [0, 0.05) is 0 Å². The van der Waals surface area contributed by atoms with Crippen molar-refractivity contribution in [3.05, 3.63) is 78.5 Å². The fourth-order valence-corrected chi connectivity index (χ4v) is 4.67. The van der Waals surface area contributed by atoms with Gasteiger partial charge in [-0.05, 0) is 61.1 Å². The molecule has 0 bridgehead atoms. The molecule has 0 spiro atoms. The minimum atomic E-state index is -3.80. The van der Waals surface area contributed by atoms with Crippen molar-refractivity contribution in [3.8, 4) is 11.1 Å². The molecule has 2 aromatic carbocycles. The van der Waals surface area contributed by atoms with Crippen molar-refractivity contribution in [3.63, 3.8) is 0 Å². The molecule has 1 aliphatic rings. The molecule has 1 N–H and O–H groups in total. The number of nitrogens with one attached hydrogen (secondary N) is 1. The third kappa shape index (κ3) is 5.49. The Kier molecular flexibility index (Phi) is 6.32. The Balaban J connectivity index is 1.43. The largest absolute Gasteiger partial charge is 0.462 e. The first-order chi connectivity index (χ1) is 15.0. The van der Waals surface area contributed by atoms with Crippen LogP contribution < -0.4 is 4.72 Å². The van der Waals surface area contributed by atoms with Gasteiger partial charge in [0.05, 0.1) is 17.0 Å². The van der Waals surface area contributed by atoms with Gasteiger partial charge in [-0.3, -0.25) is 9.52 Å². The van der Waals surface area contributed by atoms with E-state index in [9.17, 15) is 13.2 Å². The van der Waals surface area contributed by atoms with Gasteiger partial charge in [0.1, 0.15) is 11.9 Å². The number of hydrogen-bond donors (Lipinski definition) is 1. The summed E-state index contributed by atoms with van der Waals surface area (Å²) < 4.78 is 33.5. The highest BCUT2D eigenvalue weighted by Gasteiger charge is 2.20. The van der Waals surface area contributed by atoms with Gasteiger partial charge < -0.3 is 4.74 Å². The number of anilines is 1. The number of hydrogen-bond acceptors (Lipinski definition) is 5. The monoisotopic (exact) mass is 436 g/mol. The maximum Gasteiger partial charge on any atom is 0.312 e. The highest BCUT2D eigenvalue weighted by Crippen LogP contribution is 2.23. The summed E-state index contributed by atoms with van der Waals surface area (Å²) in [6.45, 7) is 0. The zero-order chi connectivity index (χ0) is 21.7. The topological polar surface area (TPSA) is 85.4 Å². The van der Waals surface area contributed by atoms with E-state index in [1.165, 1.54) is 0 Å². The molecule has 0 amide bonds. The van der Waals surface area contributed by atoms with Crippen LogP contribution in [-0.2, 0) is 26.0 Å². The first-order valence-electron chi connectivity index (χ1n) is 10.3. The number of carbonyl (C=O) groups is 1. The predicted molar refractivity (Wildman–Crippen MR) is 119 cm³/mol. The van der Waals surface area contributed by atoms with Gasteiger partial charge >= 0.3 is 5.97 Å². The van der Waals surface area contributed by atoms with E-state index < -0.39 is 10.0 Å². The minimum absolute atomic E-state index is 0.00644. The summed E-state index contributed by atoms with van der Waals surface area (Å²) in [5.74, 6) is -0.172. The Morgan fingerprint density at radius 2 is 1.58 bits per heavy atom. The second-order valence-electron chi connectivity index (χ2n) is 7.58. The molecule has 1 saturated carbocycles. The lowest BCUT2D eigenvalue weighted by molar-refractivity contribution is -0.147. The molecule has 31 heavy (non-hydrogen) atoms. The van der Waals surface area contributed by atoms with E-state index in [4.69, 9.17) is 4.74 Å². The summed E-state index contributed by atoms with van der Waals surface area (Å²) in [5.41, 5.74) is 2.40. The van der Waals surface area contributed by atoms with Crippen LogP contribution in [0.5, 0.6) is 0 Å². The third-order valence-corrected chi connectivity index (χ3v) is 6.61. The van der Waals surface area contributed by atoms with E-state index in [0.717, 1.165) is 36.8 Å². The Labute approximate surface area is 182 Å². The first-order valence-corrected chi connectivity index (χ1v) is 11.8. The molecule has 1 heterocycles. The summed E-state index contributed by atoms with van der Waals surface area (Å²) in [7, 11) is -3.80. The molecule has 0 atom stereocenters. The first kappa shape index (κ1) is 21.1. The van der Waals surface area contributed by atoms with Crippen molar-refractivity contribution in [2.45, 2.75) is 43.1 Å². The van der Waals surface area contributed by atoms with Crippen molar-refractivity contribution < 1.29 is 17.9 Å². The van der Waals surface area contributed by atoms with Crippen LogP contribution in [0.15, 0.2) is 77.7 Å². The van der Waals surface area contributed by atoms with Gasteiger partial charge in [0.15, 0.2) is 0 Å². The van der Waals surface area contributed by atoms with Gasteiger partial charge in [-0.1, -0.05) is 48.5 Å². The highest BCUT2D eigenvalue weighted by atomic mass is 32.2. The number of ether oxygens (including phenoxy) is 1. The lowest BCUT2D eigenvalue weighted by Gasteiger charge is -2.12. The van der Waals surface area contributed by atoms with Gasteiger partial charge in [-0.25, -0.2) is 13.4 Å². The van der Waals surface area contributed by atoms with Crippen molar-refractivity contribution in [2.75, 3.05) is 4.72 Å². The van der Waals surface area contributed by atoms with E-state index >= 15 is 0 Å². The van der Waals surface area contributed by atoms with Crippen molar-refractivity contribution in [2.24, 2.45) is 0 Å². The second-order valence-corrected chi connectivity index (χ2v) is 9.27. The van der Waals surface area contributed by atoms with E-state index in [1.54, 1.807) is 42.5 Å². The molecule has 4 rings (SSSR count). The number of esters is 1. The molecule has 0 saturated heterocycles. The fraction of sp³-hybridized carbons (Fsp3) is 0.250. The Hall–Kier alpha value is -3.19. The molecular weight excluding hydrogens is 412 g/mol. The van der Waals surface area contributed by atoms with Crippen molar-refractivity contribution in [1.82, 2.24) is 4.98 Å². The number of nitrogens with zero attached hydrogens (tertiary/aromatic N) is 1. The zero-order valence-corrected chi connectivity index (χ0v) is 17.8. The SMILES string of the molecule is O=C(Cc1cccc(NS(=O)(=O)c2ccc(-c3ccccc3)cc2)n1)OC1CCCC1. The summed E-state index contributed by atoms with van der Waals surface area (Å²) >= 11 is 0. The maximum atomic E-state index is 12.8. The zero-order valence-electron chi connectivity index (χ0n) is 17.0. The molecule has 7 heteroatoms. The van der Waals surface area contributed by atoms with Gasteiger partial charge in [0.2, 0.25) is 0 Å². The van der Waals surface area contributed by atoms with Crippen molar-refractivity contribution >= 4 is 21.8 Å².